The number of benzene rings is 2. The Balaban J connectivity index is 1.70. The van der Waals surface area contributed by atoms with Gasteiger partial charge in [0.05, 0.1) is 11.0 Å². The van der Waals surface area contributed by atoms with Crippen molar-refractivity contribution in [1.82, 2.24) is 9.47 Å². The molecule has 1 N–H and O–H groups in total. The highest BCUT2D eigenvalue weighted by molar-refractivity contribution is 7.80. The van der Waals surface area contributed by atoms with Gasteiger partial charge in [-0.3, -0.25) is 10.1 Å². The molecule has 1 aliphatic heterocycles. The zero-order chi connectivity index (χ0) is 19.7. The van der Waals surface area contributed by atoms with Crippen LogP contribution in [-0.4, -0.2) is 26.0 Å². The largest absolute Gasteiger partial charge is 0.348 e. The van der Waals surface area contributed by atoms with Crippen molar-refractivity contribution < 1.29 is 4.92 Å². The van der Waals surface area contributed by atoms with E-state index < -0.39 is 0 Å². The first-order valence-corrected chi connectivity index (χ1v) is 9.54. The molecule has 0 saturated heterocycles. The van der Waals surface area contributed by atoms with Crippen LogP contribution in [0.5, 0.6) is 0 Å². The molecule has 0 radical (unpaired) electrons. The van der Waals surface area contributed by atoms with Gasteiger partial charge in [-0.1, -0.05) is 29.8 Å². The molecular weight excluding hydrogens is 396 g/mol. The summed E-state index contributed by atoms with van der Waals surface area (Å²) in [5, 5.41) is 15.7. The van der Waals surface area contributed by atoms with Gasteiger partial charge in [-0.05, 0) is 48.1 Å². The van der Waals surface area contributed by atoms with E-state index in [0.29, 0.717) is 16.7 Å². The van der Waals surface area contributed by atoms with Crippen molar-refractivity contribution in [3.05, 3.63) is 93.3 Å². The van der Waals surface area contributed by atoms with Crippen LogP contribution >= 0.6 is 23.8 Å². The number of thiocarbonyl (C=S) groups is 1. The maximum Gasteiger partial charge on any atom is 0.269 e. The van der Waals surface area contributed by atoms with Crippen molar-refractivity contribution in [3.63, 3.8) is 0 Å². The summed E-state index contributed by atoms with van der Waals surface area (Å²) in [4.78, 5) is 12.9. The summed E-state index contributed by atoms with van der Waals surface area (Å²) in [5.41, 5.74) is 2.73. The van der Waals surface area contributed by atoms with E-state index in [9.17, 15) is 10.1 Å². The lowest BCUT2D eigenvalue weighted by atomic mass is 10.00. The summed E-state index contributed by atoms with van der Waals surface area (Å²) in [7, 11) is 0. The fourth-order valence-corrected chi connectivity index (χ4v) is 4.03. The highest BCUT2D eigenvalue weighted by Gasteiger charge is 2.31. The number of nitrogens with zero attached hydrogens (tertiary/aromatic N) is 3. The van der Waals surface area contributed by atoms with E-state index in [1.165, 1.54) is 6.07 Å². The molecule has 1 unspecified atom stereocenters. The summed E-state index contributed by atoms with van der Waals surface area (Å²) >= 11 is 11.8. The highest BCUT2D eigenvalue weighted by atomic mass is 35.5. The number of hydrogen-bond donors (Lipinski definition) is 1. The number of non-ortho nitro benzene ring substituents is 1. The number of rotatable bonds is 3. The van der Waals surface area contributed by atoms with Crippen LogP contribution in [0.25, 0.3) is 0 Å². The number of nitro benzene ring substituents is 1. The summed E-state index contributed by atoms with van der Waals surface area (Å²) in [6, 6.07) is 17.9. The third-order valence-corrected chi connectivity index (χ3v) is 5.34. The molecule has 0 saturated carbocycles. The number of aromatic nitrogens is 1. The van der Waals surface area contributed by atoms with Crippen LogP contribution in [0, 0.1) is 10.1 Å². The minimum Gasteiger partial charge on any atom is -0.348 e. The monoisotopic (exact) mass is 412 g/mol. The first-order chi connectivity index (χ1) is 13.5. The van der Waals surface area contributed by atoms with Gasteiger partial charge >= 0.3 is 0 Å². The molecule has 142 valence electrons. The lowest BCUT2D eigenvalue weighted by Crippen LogP contribution is -2.44. The van der Waals surface area contributed by atoms with Crippen molar-refractivity contribution in [2.45, 2.75) is 12.6 Å². The Bertz CT molecular complexity index is 1050. The zero-order valence-electron chi connectivity index (χ0n) is 14.8. The van der Waals surface area contributed by atoms with Gasteiger partial charge < -0.3 is 14.8 Å². The smallest absolute Gasteiger partial charge is 0.269 e. The number of fused-ring (bicyclic) bond motifs is 1. The van der Waals surface area contributed by atoms with Gasteiger partial charge in [0, 0.05) is 47.8 Å². The van der Waals surface area contributed by atoms with E-state index in [1.807, 2.05) is 42.6 Å². The van der Waals surface area contributed by atoms with Gasteiger partial charge in [-0.25, -0.2) is 0 Å². The SMILES string of the molecule is O=[N+]([O-])c1cccc(C2c3cccn3CCN2C(=S)Nc2cccc(Cl)c2)c1. The molecule has 3 aromatic rings. The molecule has 0 fully saturated rings. The van der Waals surface area contributed by atoms with Crippen LogP contribution < -0.4 is 5.32 Å². The zero-order valence-corrected chi connectivity index (χ0v) is 16.4. The van der Waals surface area contributed by atoms with Gasteiger partial charge in [-0.2, -0.15) is 0 Å². The number of hydrogen-bond acceptors (Lipinski definition) is 3. The van der Waals surface area contributed by atoms with Crippen molar-refractivity contribution in [2.24, 2.45) is 0 Å². The van der Waals surface area contributed by atoms with Crippen LogP contribution in [0.3, 0.4) is 0 Å². The minimum absolute atomic E-state index is 0.0647. The summed E-state index contributed by atoms with van der Waals surface area (Å²) < 4.78 is 2.15. The molecule has 4 rings (SSSR count). The normalized spacial score (nSPS) is 15.8. The lowest BCUT2D eigenvalue weighted by Gasteiger charge is -2.39. The van der Waals surface area contributed by atoms with E-state index in [2.05, 4.69) is 14.8 Å². The second-order valence-corrected chi connectivity index (χ2v) is 7.34. The number of anilines is 1. The Morgan fingerprint density at radius 1 is 1.14 bits per heavy atom. The third kappa shape index (κ3) is 3.58. The van der Waals surface area contributed by atoms with Crippen molar-refractivity contribution in [1.29, 1.82) is 0 Å². The predicted octanol–water partition coefficient (Wildman–Crippen LogP) is 4.85. The lowest BCUT2D eigenvalue weighted by molar-refractivity contribution is -0.384. The highest BCUT2D eigenvalue weighted by Crippen LogP contribution is 2.34. The van der Waals surface area contributed by atoms with Crippen LogP contribution in [0.2, 0.25) is 5.02 Å². The average molecular weight is 413 g/mol. The summed E-state index contributed by atoms with van der Waals surface area (Å²) in [5.74, 6) is 0. The molecule has 0 bridgehead atoms. The van der Waals surface area contributed by atoms with Crippen molar-refractivity contribution >= 4 is 40.3 Å². The van der Waals surface area contributed by atoms with Crippen LogP contribution in [-0.2, 0) is 6.54 Å². The van der Waals surface area contributed by atoms with E-state index in [-0.39, 0.29) is 16.7 Å². The van der Waals surface area contributed by atoms with Crippen LogP contribution in [0.15, 0.2) is 66.9 Å². The summed E-state index contributed by atoms with van der Waals surface area (Å²) in [6.45, 7) is 1.46. The Labute approximate surface area is 172 Å². The molecule has 8 heteroatoms. The number of nitrogens with one attached hydrogen (secondary N) is 1. The first-order valence-electron chi connectivity index (χ1n) is 8.75. The molecule has 0 aliphatic carbocycles. The predicted molar refractivity (Wildman–Crippen MR) is 114 cm³/mol. The quantitative estimate of drug-likeness (QED) is 0.378. The maximum atomic E-state index is 11.3. The van der Waals surface area contributed by atoms with Gasteiger partial charge in [-0.15, -0.1) is 0 Å². The number of halogens is 1. The van der Waals surface area contributed by atoms with E-state index >= 15 is 0 Å². The van der Waals surface area contributed by atoms with Gasteiger partial charge in [0.25, 0.3) is 5.69 Å². The second-order valence-electron chi connectivity index (χ2n) is 6.51. The molecule has 1 atom stereocenters. The van der Waals surface area contributed by atoms with Gasteiger partial charge in [0.2, 0.25) is 0 Å². The second kappa shape index (κ2) is 7.61. The fourth-order valence-electron chi connectivity index (χ4n) is 3.52. The molecule has 2 heterocycles. The molecule has 1 aromatic heterocycles. The van der Waals surface area contributed by atoms with Crippen molar-refractivity contribution in [2.75, 3.05) is 11.9 Å². The van der Waals surface area contributed by atoms with E-state index in [4.69, 9.17) is 23.8 Å². The first kappa shape index (κ1) is 18.5. The molecule has 0 amide bonds. The maximum absolute atomic E-state index is 11.3. The van der Waals surface area contributed by atoms with E-state index in [1.54, 1.807) is 18.2 Å². The molecule has 28 heavy (non-hydrogen) atoms. The molecule has 1 aliphatic rings. The van der Waals surface area contributed by atoms with Gasteiger partial charge in [0.1, 0.15) is 0 Å². The minimum atomic E-state index is -0.377. The standard InChI is InChI=1S/C20H17ClN4O2S/c21-15-5-2-6-16(13-15)22-20(28)24-11-10-23-9-3-8-18(23)19(24)14-4-1-7-17(12-14)25(26)27/h1-9,12-13,19H,10-11H2,(H,22,28). The average Bonchev–Trinajstić information content (AvgIpc) is 3.16. The topological polar surface area (TPSA) is 63.3 Å². The van der Waals surface area contributed by atoms with Crippen molar-refractivity contribution in [3.8, 4) is 0 Å². The van der Waals surface area contributed by atoms with E-state index in [0.717, 1.165) is 23.5 Å². The summed E-state index contributed by atoms with van der Waals surface area (Å²) in [6.07, 6.45) is 2.02. The molecular formula is C20H17ClN4O2S. The Morgan fingerprint density at radius 3 is 2.75 bits per heavy atom. The van der Waals surface area contributed by atoms with Gasteiger partial charge in [0.15, 0.2) is 5.11 Å². The third-order valence-electron chi connectivity index (χ3n) is 4.77. The Kier molecular flexibility index (Phi) is 5.02. The molecule has 0 spiro atoms. The molecule has 6 nitrogen and oxygen atoms in total. The Morgan fingerprint density at radius 2 is 1.96 bits per heavy atom. The Hall–Kier alpha value is -2.90. The fraction of sp³-hybridized carbons (Fsp3) is 0.150. The number of nitro groups is 1. The van der Waals surface area contributed by atoms with Crippen LogP contribution in [0.4, 0.5) is 11.4 Å². The van der Waals surface area contributed by atoms with Crippen LogP contribution in [0.1, 0.15) is 17.3 Å². The molecule has 2 aromatic carbocycles.